The fraction of sp³-hybridized carbons (Fsp3) is 0.500. The predicted molar refractivity (Wildman–Crippen MR) is 64.3 cm³/mol. The number of aliphatic hydroxyl groups excluding tert-OH is 1. The summed E-state index contributed by atoms with van der Waals surface area (Å²) in [6.07, 6.45) is 0.422. The normalized spacial score (nSPS) is 13.8. The van der Waals surface area contributed by atoms with E-state index in [1.807, 2.05) is 13.8 Å². The Morgan fingerprint density at radius 1 is 1.25 bits per heavy atom. The zero-order chi connectivity index (χ0) is 12.3. The number of sulfone groups is 1. The van der Waals surface area contributed by atoms with Crippen LogP contribution in [0.2, 0.25) is 0 Å². The van der Waals surface area contributed by atoms with Gasteiger partial charge in [-0.05, 0) is 43.5 Å². The molecule has 0 aliphatic heterocycles. The minimum Gasteiger partial charge on any atom is -0.395 e. The van der Waals surface area contributed by atoms with Crippen molar-refractivity contribution in [3.8, 4) is 0 Å². The first kappa shape index (κ1) is 13.2. The van der Waals surface area contributed by atoms with E-state index >= 15 is 0 Å². The highest BCUT2D eigenvalue weighted by molar-refractivity contribution is 7.92. The Kier molecular flexibility index (Phi) is 4.10. The second-order valence-corrected chi connectivity index (χ2v) is 6.23. The van der Waals surface area contributed by atoms with Crippen molar-refractivity contribution >= 4 is 9.84 Å². The number of hydrogen-bond donors (Lipinski definition) is 1. The van der Waals surface area contributed by atoms with E-state index in [0.29, 0.717) is 11.3 Å². The maximum Gasteiger partial charge on any atom is 0.183 e. The van der Waals surface area contributed by atoms with Crippen molar-refractivity contribution in [1.29, 1.82) is 0 Å². The molecule has 0 amide bonds. The van der Waals surface area contributed by atoms with Crippen LogP contribution in [0.25, 0.3) is 0 Å². The standard InChI is InChI=1S/C12H18O3S/c1-4-11(8-13)16(14,15)12-6-5-9(2)10(3)7-12/h5-7,11,13H,4,8H2,1-3H3. The van der Waals surface area contributed by atoms with Crippen LogP contribution < -0.4 is 0 Å². The van der Waals surface area contributed by atoms with E-state index in [9.17, 15) is 8.42 Å². The van der Waals surface area contributed by atoms with Crippen molar-refractivity contribution in [2.45, 2.75) is 37.3 Å². The van der Waals surface area contributed by atoms with E-state index < -0.39 is 15.1 Å². The SMILES string of the molecule is CCC(CO)S(=O)(=O)c1ccc(C)c(C)c1. The second-order valence-electron chi connectivity index (χ2n) is 4.00. The molecular weight excluding hydrogens is 224 g/mol. The third-order valence-electron chi connectivity index (χ3n) is 2.90. The number of hydrogen-bond acceptors (Lipinski definition) is 3. The van der Waals surface area contributed by atoms with Crippen LogP contribution in [-0.4, -0.2) is 25.4 Å². The lowest BCUT2D eigenvalue weighted by atomic mass is 10.1. The number of aryl methyl sites for hydroxylation is 2. The zero-order valence-corrected chi connectivity index (χ0v) is 10.7. The molecule has 0 radical (unpaired) electrons. The number of rotatable bonds is 4. The fourth-order valence-electron chi connectivity index (χ4n) is 1.53. The molecule has 0 saturated carbocycles. The van der Waals surface area contributed by atoms with Gasteiger partial charge in [-0.25, -0.2) is 8.42 Å². The van der Waals surface area contributed by atoms with Crippen LogP contribution in [-0.2, 0) is 9.84 Å². The van der Waals surface area contributed by atoms with Crippen molar-refractivity contribution in [3.05, 3.63) is 29.3 Å². The van der Waals surface area contributed by atoms with Gasteiger partial charge in [0.1, 0.15) is 0 Å². The van der Waals surface area contributed by atoms with Gasteiger partial charge in [0.2, 0.25) is 0 Å². The summed E-state index contributed by atoms with van der Waals surface area (Å²) in [5, 5.41) is 8.37. The van der Waals surface area contributed by atoms with Crippen molar-refractivity contribution in [2.75, 3.05) is 6.61 Å². The molecule has 1 unspecified atom stereocenters. The van der Waals surface area contributed by atoms with Gasteiger partial charge in [0, 0.05) is 0 Å². The second kappa shape index (κ2) is 4.97. The Hall–Kier alpha value is -0.870. The molecule has 1 aromatic carbocycles. The van der Waals surface area contributed by atoms with Crippen LogP contribution in [0, 0.1) is 13.8 Å². The molecule has 0 fully saturated rings. The first-order chi connectivity index (χ1) is 7.43. The van der Waals surface area contributed by atoms with Crippen molar-refractivity contribution in [3.63, 3.8) is 0 Å². The third-order valence-corrected chi connectivity index (χ3v) is 5.18. The molecule has 0 bridgehead atoms. The average Bonchev–Trinajstić information content (AvgIpc) is 2.23. The van der Waals surface area contributed by atoms with Gasteiger partial charge in [-0.2, -0.15) is 0 Å². The van der Waals surface area contributed by atoms with Gasteiger partial charge in [-0.1, -0.05) is 13.0 Å². The summed E-state index contributed by atoms with van der Waals surface area (Å²) in [4.78, 5) is 0.302. The minimum atomic E-state index is -3.39. The van der Waals surface area contributed by atoms with Crippen LogP contribution >= 0.6 is 0 Å². The van der Waals surface area contributed by atoms with E-state index in [0.717, 1.165) is 11.1 Å². The Bertz CT molecular complexity index is 459. The summed E-state index contributed by atoms with van der Waals surface area (Å²) in [6, 6.07) is 5.07. The molecule has 1 rings (SSSR count). The summed E-state index contributed by atoms with van der Waals surface area (Å²) < 4.78 is 24.2. The van der Waals surface area contributed by atoms with Crippen molar-refractivity contribution in [2.24, 2.45) is 0 Å². The zero-order valence-electron chi connectivity index (χ0n) is 9.90. The molecule has 0 heterocycles. The molecule has 90 valence electrons. The molecule has 0 spiro atoms. The fourth-order valence-corrected chi connectivity index (χ4v) is 3.15. The lowest BCUT2D eigenvalue weighted by Crippen LogP contribution is -2.24. The van der Waals surface area contributed by atoms with E-state index in [4.69, 9.17) is 5.11 Å². The van der Waals surface area contributed by atoms with Gasteiger partial charge in [0.15, 0.2) is 9.84 Å². The molecule has 0 aliphatic carbocycles. The molecule has 1 aromatic rings. The molecule has 16 heavy (non-hydrogen) atoms. The summed E-state index contributed by atoms with van der Waals surface area (Å²) >= 11 is 0. The maximum absolute atomic E-state index is 12.1. The Balaban J connectivity index is 3.22. The van der Waals surface area contributed by atoms with Gasteiger partial charge >= 0.3 is 0 Å². The van der Waals surface area contributed by atoms with Gasteiger partial charge in [-0.15, -0.1) is 0 Å². The Labute approximate surface area is 97.0 Å². The quantitative estimate of drug-likeness (QED) is 0.876. The highest BCUT2D eigenvalue weighted by Crippen LogP contribution is 2.20. The monoisotopic (exact) mass is 242 g/mol. The van der Waals surface area contributed by atoms with Gasteiger partial charge in [-0.3, -0.25) is 0 Å². The number of benzene rings is 1. The molecule has 1 atom stereocenters. The van der Waals surface area contributed by atoms with Gasteiger partial charge in [0.05, 0.1) is 16.8 Å². The molecule has 0 aliphatic rings. The molecule has 4 heteroatoms. The van der Waals surface area contributed by atoms with Crippen molar-refractivity contribution in [1.82, 2.24) is 0 Å². The van der Waals surface area contributed by atoms with Crippen LogP contribution in [0.4, 0.5) is 0 Å². The lowest BCUT2D eigenvalue weighted by Gasteiger charge is -2.14. The molecule has 0 aromatic heterocycles. The molecule has 1 N–H and O–H groups in total. The smallest absolute Gasteiger partial charge is 0.183 e. The Morgan fingerprint density at radius 3 is 2.31 bits per heavy atom. The molecular formula is C12H18O3S. The highest BCUT2D eigenvalue weighted by Gasteiger charge is 2.25. The van der Waals surface area contributed by atoms with E-state index in [2.05, 4.69) is 0 Å². The van der Waals surface area contributed by atoms with E-state index in [1.165, 1.54) is 0 Å². The van der Waals surface area contributed by atoms with Crippen LogP contribution in [0.15, 0.2) is 23.1 Å². The van der Waals surface area contributed by atoms with Gasteiger partial charge < -0.3 is 5.11 Å². The van der Waals surface area contributed by atoms with E-state index in [1.54, 1.807) is 25.1 Å². The maximum atomic E-state index is 12.1. The third kappa shape index (κ3) is 2.44. The lowest BCUT2D eigenvalue weighted by molar-refractivity contribution is 0.287. The summed E-state index contributed by atoms with van der Waals surface area (Å²) in [5.41, 5.74) is 2.02. The van der Waals surface area contributed by atoms with Crippen molar-refractivity contribution < 1.29 is 13.5 Å². The average molecular weight is 242 g/mol. The van der Waals surface area contributed by atoms with Gasteiger partial charge in [0.25, 0.3) is 0 Å². The Morgan fingerprint density at radius 2 is 1.88 bits per heavy atom. The van der Waals surface area contributed by atoms with Crippen LogP contribution in [0.5, 0.6) is 0 Å². The first-order valence-electron chi connectivity index (χ1n) is 5.35. The largest absolute Gasteiger partial charge is 0.395 e. The minimum absolute atomic E-state index is 0.302. The number of aliphatic hydroxyl groups is 1. The predicted octanol–water partition coefficient (Wildman–Crippen LogP) is 1.85. The van der Waals surface area contributed by atoms with E-state index in [-0.39, 0.29) is 6.61 Å². The summed E-state index contributed by atoms with van der Waals surface area (Å²) in [7, 11) is -3.39. The summed E-state index contributed by atoms with van der Waals surface area (Å²) in [5.74, 6) is 0. The van der Waals surface area contributed by atoms with Crippen LogP contribution in [0.3, 0.4) is 0 Å². The summed E-state index contributed by atoms with van der Waals surface area (Å²) in [6.45, 7) is 5.26. The first-order valence-corrected chi connectivity index (χ1v) is 6.90. The topological polar surface area (TPSA) is 54.4 Å². The van der Waals surface area contributed by atoms with Crippen LogP contribution in [0.1, 0.15) is 24.5 Å². The molecule has 3 nitrogen and oxygen atoms in total. The molecule has 0 saturated heterocycles. The highest BCUT2D eigenvalue weighted by atomic mass is 32.2.